The van der Waals surface area contributed by atoms with E-state index in [1.165, 1.54) is 0 Å². The second kappa shape index (κ2) is 0.381. The van der Waals surface area contributed by atoms with Gasteiger partial charge in [-0.15, -0.1) is 0 Å². The molecule has 0 atom stereocenters. The molecule has 0 saturated heterocycles. The molecule has 5 N–H and O–H groups in total. The summed E-state index contributed by atoms with van der Waals surface area (Å²) < 4.78 is 0. The third kappa shape index (κ3) is 0.154. The minimum atomic E-state index is 0.616. The maximum Gasteiger partial charge on any atom is 0.143 e. The summed E-state index contributed by atoms with van der Waals surface area (Å²) in [6.45, 7) is 0. The van der Waals surface area contributed by atoms with Gasteiger partial charge in [-0.2, -0.15) is 0 Å². The topological polar surface area (TPSA) is 74.0 Å². The first-order chi connectivity index (χ1) is 2.30. The molecule has 1 heterocycles. The van der Waals surface area contributed by atoms with E-state index >= 15 is 0 Å². The lowest BCUT2D eigenvalue weighted by atomic mass is 11.0. The Morgan fingerprint density at radius 2 is 1.40 bits per heavy atom. The van der Waals surface area contributed by atoms with Crippen molar-refractivity contribution in [1.29, 1.82) is 0 Å². The van der Waals surface area contributed by atoms with Crippen molar-refractivity contribution in [3.05, 3.63) is 11.6 Å². The van der Waals surface area contributed by atoms with Crippen LogP contribution in [0.2, 0.25) is 0 Å². The van der Waals surface area contributed by atoms with Crippen molar-refractivity contribution in [2.75, 3.05) is 0 Å². The third-order valence-electron chi connectivity index (χ3n) is 0.497. The van der Waals surface area contributed by atoms with Gasteiger partial charge in [-0.3, -0.25) is 0 Å². The van der Waals surface area contributed by atoms with Gasteiger partial charge in [0.05, 0.1) is 0 Å². The molecule has 0 amide bonds. The molecular weight excluding hydrogens is 66.0 g/mol. The van der Waals surface area contributed by atoms with Crippen molar-refractivity contribution < 1.29 is 0 Å². The zero-order valence-corrected chi connectivity index (χ0v) is 2.65. The first kappa shape index (κ1) is 2.38. The molecule has 1 aliphatic heterocycles. The number of nitrogens with one attached hydrogen (secondary N) is 1. The molecule has 0 aromatic rings. The number of nitrogens with two attached hydrogens (primary N) is 2. The monoisotopic (exact) mass is 71.0 g/mol. The molecule has 0 saturated carbocycles. The highest BCUT2D eigenvalue weighted by Crippen LogP contribution is 1.95. The Labute approximate surface area is 29.6 Å². The summed E-state index contributed by atoms with van der Waals surface area (Å²) in [7, 11) is 0. The molecule has 3 heteroatoms. The van der Waals surface area contributed by atoms with Gasteiger partial charge in [0.25, 0.3) is 0 Å². The van der Waals surface area contributed by atoms with Gasteiger partial charge in [0.1, 0.15) is 11.6 Å². The van der Waals surface area contributed by atoms with Crippen LogP contribution in [0.1, 0.15) is 0 Å². The summed E-state index contributed by atoms with van der Waals surface area (Å²) >= 11 is 0. The van der Waals surface area contributed by atoms with Gasteiger partial charge < -0.3 is 16.8 Å². The van der Waals surface area contributed by atoms with Gasteiger partial charge in [0.2, 0.25) is 0 Å². The van der Waals surface area contributed by atoms with Crippen molar-refractivity contribution in [1.82, 2.24) is 5.32 Å². The molecule has 0 aromatic heterocycles. The third-order valence-corrected chi connectivity index (χ3v) is 0.497. The molecular formula is C2H5N3. The zero-order chi connectivity index (χ0) is 3.86. The van der Waals surface area contributed by atoms with Gasteiger partial charge >= 0.3 is 0 Å². The second-order valence-electron chi connectivity index (χ2n) is 0.952. The van der Waals surface area contributed by atoms with E-state index in [0.29, 0.717) is 11.6 Å². The van der Waals surface area contributed by atoms with Crippen LogP contribution in [0, 0.1) is 0 Å². The van der Waals surface area contributed by atoms with Gasteiger partial charge in [-0.1, -0.05) is 0 Å². The molecule has 0 bridgehead atoms. The molecule has 0 aromatic carbocycles. The lowest BCUT2D eigenvalue weighted by molar-refractivity contribution is 1.21. The minimum Gasteiger partial charge on any atom is -0.382 e. The zero-order valence-electron chi connectivity index (χ0n) is 2.65. The van der Waals surface area contributed by atoms with E-state index in [9.17, 15) is 0 Å². The van der Waals surface area contributed by atoms with Crippen LogP contribution in [0.15, 0.2) is 11.6 Å². The molecule has 1 rings (SSSR count). The Morgan fingerprint density at radius 1 is 1.20 bits per heavy atom. The Hall–Kier alpha value is -0.860. The van der Waals surface area contributed by atoms with Crippen molar-refractivity contribution in [2.24, 2.45) is 11.5 Å². The highest BCUT2D eigenvalue weighted by Gasteiger charge is 2.09. The van der Waals surface area contributed by atoms with Gasteiger partial charge in [-0.05, 0) is 0 Å². The molecule has 0 aliphatic carbocycles. The molecule has 0 fully saturated rings. The predicted molar refractivity (Wildman–Crippen MR) is 18.5 cm³/mol. The highest BCUT2D eigenvalue weighted by atomic mass is 15.2. The smallest absolute Gasteiger partial charge is 0.143 e. The first-order valence-corrected chi connectivity index (χ1v) is 1.33. The largest absolute Gasteiger partial charge is 0.382 e. The van der Waals surface area contributed by atoms with E-state index < -0.39 is 0 Å². The number of hydrogen-bond donors (Lipinski definition) is 3. The summed E-state index contributed by atoms with van der Waals surface area (Å²) in [6, 6.07) is 0. The van der Waals surface area contributed by atoms with Crippen LogP contribution >= 0.6 is 0 Å². The molecule has 5 heavy (non-hydrogen) atoms. The SMILES string of the molecule is NC1=C(N)N1. The summed E-state index contributed by atoms with van der Waals surface area (Å²) in [5.74, 6) is 1.23. The molecule has 0 unspecified atom stereocenters. The average molecular weight is 71.1 g/mol. The summed E-state index contributed by atoms with van der Waals surface area (Å²) in [4.78, 5) is 0. The summed E-state index contributed by atoms with van der Waals surface area (Å²) in [5, 5.41) is 2.58. The van der Waals surface area contributed by atoms with Crippen LogP contribution in [0.3, 0.4) is 0 Å². The van der Waals surface area contributed by atoms with Crippen LogP contribution in [0.5, 0.6) is 0 Å². The summed E-state index contributed by atoms with van der Waals surface area (Å²) in [5.41, 5.74) is 10.0. The van der Waals surface area contributed by atoms with Crippen molar-refractivity contribution in [3.63, 3.8) is 0 Å². The van der Waals surface area contributed by atoms with Crippen LogP contribution in [0.25, 0.3) is 0 Å². The normalized spacial score (nSPS) is 18.4. The maximum atomic E-state index is 5.01. The fourth-order valence-corrected chi connectivity index (χ4v) is 0.114. The second-order valence-corrected chi connectivity index (χ2v) is 0.952. The predicted octanol–water partition coefficient (Wildman–Crippen LogP) is -1.37. The van der Waals surface area contributed by atoms with E-state index in [-0.39, 0.29) is 0 Å². The van der Waals surface area contributed by atoms with Crippen LogP contribution in [-0.2, 0) is 0 Å². The lowest BCUT2D eigenvalue weighted by Gasteiger charge is -1.58. The van der Waals surface area contributed by atoms with Gasteiger partial charge in [0, 0.05) is 0 Å². The van der Waals surface area contributed by atoms with E-state index in [4.69, 9.17) is 11.5 Å². The van der Waals surface area contributed by atoms with E-state index in [2.05, 4.69) is 5.32 Å². The Kier molecular flexibility index (Phi) is 0.182. The highest BCUT2D eigenvalue weighted by molar-refractivity contribution is 5.22. The fourth-order valence-electron chi connectivity index (χ4n) is 0.114. The van der Waals surface area contributed by atoms with Crippen molar-refractivity contribution in [3.8, 4) is 0 Å². The molecule has 28 valence electrons. The molecule has 3 nitrogen and oxygen atoms in total. The molecule has 1 aliphatic rings. The van der Waals surface area contributed by atoms with Gasteiger partial charge in [-0.25, -0.2) is 0 Å². The Morgan fingerprint density at radius 3 is 1.40 bits per heavy atom. The Bertz CT molecular complexity index is 72.9. The van der Waals surface area contributed by atoms with Crippen molar-refractivity contribution >= 4 is 0 Å². The van der Waals surface area contributed by atoms with Crippen LogP contribution in [0.4, 0.5) is 0 Å². The summed E-state index contributed by atoms with van der Waals surface area (Å²) in [6.07, 6.45) is 0. The number of rotatable bonds is 0. The maximum absolute atomic E-state index is 5.01. The minimum absolute atomic E-state index is 0.616. The fraction of sp³-hybridized carbons (Fsp3) is 0. The first-order valence-electron chi connectivity index (χ1n) is 1.33. The van der Waals surface area contributed by atoms with Crippen molar-refractivity contribution in [2.45, 2.75) is 0 Å². The van der Waals surface area contributed by atoms with E-state index in [1.807, 2.05) is 0 Å². The van der Waals surface area contributed by atoms with Crippen LogP contribution in [-0.4, -0.2) is 0 Å². The quantitative estimate of drug-likeness (QED) is 0.330. The van der Waals surface area contributed by atoms with E-state index in [0.717, 1.165) is 0 Å². The van der Waals surface area contributed by atoms with E-state index in [1.54, 1.807) is 0 Å². The Balaban J connectivity index is 2.59. The molecule has 0 radical (unpaired) electrons. The average Bonchev–Trinajstić information content (AvgIpc) is 1.79. The van der Waals surface area contributed by atoms with Gasteiger partial charge in [0.15, 0.2) is 0 Å². The number of hydrogen-bond acceptors (Lipinski definition) is 3. The standard InChI is InChI=1S/C2H5N3/c3-1-2(4)5-1/h5H,3-4H2. The molecule has 0 spiro atoms. The van der Waals surface area contributed by atoms with Crippen LogP contribution < -0.4 is 16.8 Å². The lowest BCUT2D eigenvalue weighted by Crippen LogP contribution is -1.91.